The fourth-order valence-electron chi connectivity index (χ4n) is 3.10. The van der Waals surface area contributed by atoms with Crippen molar-refractivity contribution in [2.24, 2.45) is 0 Å². The molecule has 0 atom stereocenters. The number of hydrogen-bond donors (Lipinski definition) is 0. The number of hydrogen-bond acceptors (Lipinski definition) is 3. The Morgan fingerprint density at radius 1 is 1.19 bits per heavy atom. The first-order valence-electron chi connectivity index (χ1n) is 7.26. The average molecular weight is 277 g/mol. The summed E-state index contributed by atoms with van der Waals surface area (Å²) in [4.78, 5) is 0. The number of fused-ring (bicyclic) bond motifs is 2. The van der Waals surface area contributed by atoms with Crippen molar-refractivity contribution in [2.45, 2.75) is 32.4 Å². The fraction of sp³-hybridized carbons (Fsp3) is 0.312. The molecule has 0 N–H and O–H groups in total. The third-order valence-electron chi connectivity index (χ3n) is 4.18. The minimum absolute atomic E-state index is 0.700. The van der Waals surface area contributed by atoms with Crippen LogP contribution >= 0.6 is 0 Å². The van der Waals surface area contributed by atoms with Gasteiger partial charge in [0.1, 0.15) is 5.82 Å². The zero-order valence-electron chi connectivity index (χ0n) is 11.7. The highest BCUT2D eigenvalue weighted by Crippen LogP contribution is 2.21. The highest BCUT2D eigenvalue weighted by atomic mass is 15.3. The molecule has 0 aliphatic carbocycles. The summed E-state index contributed by atoms with van der Waals surface area (Å²) in [6.07, 6.45) is 5.45. The molecule has 0 spiro atoms. The van der Waals surface area contributed by atoms with Gasteiger partial charge in [-0.25, -0.2) is 0 Å². The molecule has 1 aromatic carbocycles. The summed E-state index contributed by atoms with van der Waals surface area (Å²) in [5, 5.41) is 18.8. The van der Waals surface area contributed by atoms with E-state index in [1.54, 1.807) is 0 Å². The van der Waals surface area contributed by atoms with Crippen LogP contribution in [-0.4, -0.2) is 19.3 Å². The van der Waals surface area contributed by atoms with Gasteiger partial charge >= 0.3 is 0 Å². The van der Waals surface area contributed by atoms with Crippen LogP contribution < -0.4 is 0 Å². The molecule has 104 valence electrons. The first-order valence-corrected chi connectivity index (χ1v) is 7.26. The maximum Gasteiger partial charge on any atom is 0.153 e. The molecule has 1 aliphatic rings. The third-order valence-corrected chi connectivity index (χ3v) is 4.18. The minimum Gasteiger partial charge on any atom is -0.340 e. The quantitative estimate of drug-likeness (QED) is 0.723. The van der Waals surface area contributed by atoms with Crippen LogP contribution in [0.4, 0.5) is 0 Å². The molecule has 3 heterocycles. The number of rotatable bonds is 2. The van der Waals surface area contributed by atoms with Crippen molar-refractivity contribution in [1.82, 2.24) is 19.3 Å². The van der Waals surface area contributed by atoms with Crippen LogP contribution in [0.15, 0.2) is 30.5 Å². The van der Waals surface area contributed by atoms with Gasteiger partial charge in [0.15, 0.2) is 5.82 Å². The van der Waals surface area contributed by atoms with Crippen molar-refractivity contribution < 1.29 is 0 Å². The van der Waals surface area contributed by atoms with Gasteiger partial charge in [-0.1, -0.05) is 6.07 Å². The van der Waals surface area contributed by atoms with Crippen molar-refractivity contribution in [3.63, 3.8) is 0 Å². The highest BCUT2D eigenvalue weighted by Gasteiger charge is 2.16. The molecule has 5 nitrogen and oxygen atoms in total. The van der Waals surface area contributed by atoms with Crippen LogP contribution in [0.1, 0.15) is 30.1 Å². The second-order valence-electron chi connectivity index (χ2n) is 5.44. The SMILES string of the molecule is N#Cc1cccc2c1ccn2Cc1nnc2n1CCCC2. The van der Waals surface area contributed by atoms with Gasteiger partial charge in [0, 0.05) is 30.1 Å². The summed E-state index contributed by atoms with van der Waals surface area (Å²) in [7, 11) is 0. The molecule has 0 unspecified atom stereocenters. The summed E-state index contributed by atoms with van der Waals surface area (Å²) in [5.74, 6) is 2.11. The van der Waals surface area contributed by atoms with E-state index in [9.17, 15) is 5.26 Å². The molecule has 1 aliphatic heterocycles. The molecule has 3 aromatic rings. The van der Waals surface area contributed by atoms with E-state index in [-0.39, 0.29) is 0 Å². The molecular weight excluding hydrogens is 262 g/mol. The fourth-order valence-corrected chi connectivity index (χ4v) is 3.10. The average Bonchev–Trinajstić information content (AvgIpc) is 3.13. The van der Waals surface area contributed by atoms with E-state index in [1.807, 2.05) is 30.5 Å². The van der Waals surface area contributed by atoms with Gasteiger partial charge in [0.05, 0.1) is 18.2 Å². The summed E-state index contributed by atoms with van der Waals surface area (Å²) < 4.78 is 4.38. The van der Waals surface area contributed by atoms with Gasteiger partial charge in [-0.3, -0.25) is 0 Å². The lowest BCUT2D eigenvalue weighted by atomic mass is 10.1. The van der Waals surface area contributed by atoms with E-state index in [2.05, 4.69) is 25.4 Å². The number of aromatic nitrogens is 4. The lowest BCUT2D eigenvalue weighted by molar-refractivity contribution is 0.503. The van der Waals surface area contributed by atoms with Crippen LogP contribution in [0.2, 0.25) is 0 Å². The van der Waals surface area contributed by atoms with Crippen LogP contribution in [0.3, 0.4) is 0 Å². The van der Waals surface area contributed by atoms with E-state index >= 15 is 0 Å². The molecule has 2 aromatic heterocycles. The summed E-state index contributed by atoms with van der Waals surface area (Å²) in [6, 6.07) is 10.1. The smallest absolute Gasteiger partial charge is 0.153 e. The Morgan fingerprint density at radius 3 is 3.05 bits per heavy atom. The first kappa shape index (κ1) is 12.2. The molecule has 4 rings (SSSR count). The Kier molecular flexibility index (Phi) is 2.74. The molecule has 5 heteroatoms. The largest absolute Gasteiger partial charge is 0.340 e. The maximum atomic E-state index is 9.17. The lowest BCUT2D eigenvalue weighted by Gasteiger charge is -2.15. The molecule has 0 saturated heterocycles. The minimum atomic E-state index is 0.700. The second-order valence-corrected chi connectivity index (χ2v) is 5.44. The van der Waals surface area contributed by atoms with E-state index in [4.69, 9.17) is 0 Å². The summed E-state index contributed by atoms with van der Waals surface area (Å²) in [6.45, 7) is 1.71. The molecule has 0 bridgehead atoms. The number of benzene rings is 1. The predicted octanol–water partition coefficient (Wildman–Crippen LogP) is 2.49. The number of nitriles is 1. The first-order chi connectivity index (χ1) is 10.4. The Labute approximate surface area is 122 Å². The Hall–Kier alpha value is -2.61. The summed E-state index contributed by atoms with van der Waals surface area (Å²) in [5.41, 5.74) is 1.79. The second kappa shape index (κ2) is 4.74. The highest BCUT2D eigenvalue weighted by molar-refractivity contribution is 5.86. The Balaban J connectivity index is 1.75. The van der Waals surface area contributed by atoms with Crippen molar-refractivity contribution in [2.75, 3.05) is 0 Å². The third kappa shape index (κ3) is 1.91. The zero-order chi connectivity index (χ0) is 14.2. The molecule has 0 saturated carbocycles. The van der Waals surface area contributed by atoms with Gasteiger partial charge < -0.3 is 9.13 Å². The van der Waals surface area contributed by atoms with Crippen molar-refractivity contribution in [1.29, 1.82) is 5.26 Å². The van der Waals surface area contributed by atoms with Gasteiger partial charge in [-0.15, -0.1) is 10.2 Å². The summed E-state index contributed by atoms with van der Waals surface area (Å²) >= 11 is 0. The monoisotopic (exact) mass is 277 g/mol. The number of aryl methyl sites for hydroxylation is 1. The van der Waals surface area contributed by atoms with Crippen molar-refractivity contribution >= 4 is 10.9 Å². The van der Waals surface area contributed by atoms with Gasteiger partial charge in [0.2, 0.25) is 0 Å². The van der Waals surface area contributed by atoms with Gasteiger partial charge in [0.25, 0.3) is 0 Å². The maximum absolute atomic E-state index is 9.17. The van der Waals surface area contributed by atoms with E-state index in [0.29, 0.717) is 6.54 Å². The van der Waals surface area contributed by atoms with Crippen LogP contribution in [-0.2, 0) is 19.5 Å². The Morgan fingerprint density at radius 2 is 2.14 bits per heavy atom. The van der Waals surface area contributed by atoms with Gasteiger partial charge in [-0.2, -0.15) is 5.26 Å². The topological polar surface area (TPSA) is 59.4 Å². The molecule has 21 heavy (non-hydrogen) atoms. The van der Waals surface area contributed by atoms with E-state index in [0.717, 1.165) is 41.1 Å². The van der Waals surface area contributed by atoms with Gasteiger partial charge in [-0.05, 0) is 31.0 Å². The van der Waals surface area contributed by atoms with E-state index in [1.165, 1.54) is 12.8 Å². The van der Waals surface area contributed by atoms with E-state index < -0.39 is 0 Å². The van der Waals surface area contributed by atoms with Crippen molar-refractivity contribution in [3.05, 3.63) is 47.7 Å². The molecular formula is C16H15N5. The number of nitrogens with zero attached hydrogens (tertiary/aromatic N) is 5. The van der Waals surface area contributed by atoms with Crippen LogP contribution in [0, 0.1) is 11.3 Å². The van der Waals surface area contributed by atoms with Crippen molar-refractivity contribution in [3.8, 4) is 6.07 Å². The van der Waals surface area contributed by atoms with Crippen LogP contribution in [0.25, 0.3) is 10.9 Å². The molecule has 0 amide bonds. The molecule has 0 radical (unpaired) electrons. The molecule has 0 fully saturated rings. The Bertz CT molecular complexity index is 849. The zero-order valence-corrected chi connectivity index (χ0v) is 11.7. The normalized spacial score (nSPS) is 14.0. The standard InChI is InChI=1S/C16H15N5/c17-10-12-4-3-5-14-13(12)7-9-20(14)11-16-19-18-15-6-1-2-8-21(15)16/h3-5,7,9H,1-2,6,8,11H2. The lowest BCUT2D eigenvalue weighted by Crippen LogP contribution is -2.14. The van der Waals surface area contributed by atoms with Crippen LogP contribution in [0.5, 0.6) is 0 Å². The predicted molar refractivity (Wildman–Crippen MR) is 78.7 cm³/mol.